The first-order valence-electron chi connectivity index (χ1n) is 12.3. The molecule has 0 aromatic heterocycles. The highest BCUT2D eigenvalue weighted by Crippen LogP contribution is 2.26. The molecule has 0 radical (unpaired) electrons. The first-order chi connectivity index (χ1) is 16.8. The zero-order valence-corrected chi connectivity index (χ0v) is 20.4. The summed E-state index contributed by atoms with van der Waals surface area (Å²) in [5.41, 5.74) is 2.59. The van der Waals surface area contributed by atoms with E-state index in [1.165, 1.54) is 58.4 Å². The van der Waals surface area contributed by atoms with Crippen molar-refractivity contribution in [2.75, 3.05) is 27.3 Å². The Morgan fingerprint density at radius 1 is 0.559 bits per heavy atom. The fraction of sp³-hybridized carbons (Fsp3) is 0.333. The van der Waals surface area contributed by atoms with Crippen molar-refractivity contribution < 1.29 is 9.47 Å². The van der Waals surface area contributed by atoms with Crippen LogP contribution < -0.4 is 20.1 Å². The van der Waals surface area contributed by atoms with Gasteiger partial charge < -0.3 is 20.1 Å². The molecule has 0 unspecified atom stereocenters. The lowest BCUT2D eigenvalue weighted by atomic mass is 10.0. The third kappa shape index (κ3) is 6.28. The predicted octanol–water partition coefficient (Wildman–Crippen LogP) is 6.45. The minimum Gasteiger partial charge on any atom is -0.497 e. The molecule has 0 bridgehead atoms. The summed E-state index contributed by atoms with van der Waals surface area (Å²) in [5.74, 6) is 1.84. The molecule has 4 heteroatoms. The molecule has 0 atom stereocenters. The molecule has 0 fully saturated rings. The number of hydrogen-bond acceptors (Lipinski definition) is 4. The van der Waals surface area contributed by atoms with Crippen LogP contribution in [0.25, 0.3) is 21.5 Å². The topological polar surface area (TPSA) is 42.5 Å². The first-order valence-corrected chi connectivity index (χ1v) is 12.3. The van der Waals surface area contributed by atoms with Crippen LogP contribution in [0.3, 0.4) is 0 Å². The normalized spacial score (nSPS) is 11.2. The van der Waals surface area contributed by atoms with Crippen LogP contribution in [-0.2, 0) is 13.1 Å². The van der Waals surface area contributed by atoms with Gasteiger partial charge in [-0.1, -0.05) is 61.4 Å². The van der Waals surface area contributed by atoms with Crippen molar-refractivity contribution in [2.24, 2.45) is 0 Å². The Kier molecular flexibility index (Phi) is 8.78. The van der Waals surface area contributed by atoms with E-state index in [-0.39, 0.29) is 0 Å². The van der Waals surface area contributed by atoms with Gasteiger partial charge in [-0.05, 0) is 82.9 Å². The molecule has 4 aromatic carbocycles. The van der Waals surface area contributed by atoms with E-state index in [4.69, 9.17) is 9.47 Å². The fourth-order valence-corrected chi connectivity index (χ4v) is 4.55. The molecule has 34 heavy (non-hydrogen) atoms. The van der Waals surface area contributed by atoms with Crippen molar-refractivity contribution in [1.29, 1.82) is 0 Å². The van der Waals surface area contributed by atoms with Crippen LogP contribution >= 0.6 is 0 Å². The average Bonchev–Trinajstić information content (AvgIpc) is 2.89. The van der Waals surface area contributed by atoms with Gasteiger partial charge in [-0.15, -0.1) is 0 Å². The SMILES string of the molecule is COc1cc(CNCCCCCCNCc2cc(OC)cc3ccccc23)c2ccccc2c1. The number of methoxy groups -OCH3 is 2. The quantitative estimate of drug-likeness (QED) is 0.227. The number of unbranched alkanes of at least 4 members (excludes halogenated alkanes) is 3. The van der Waals surface area contributed by atoms with E-state index >= 15 is 0 Å². The number of rotatable bonds is 13. The number of fused-ring (bicyclic) bond motifs is 2. The highest BCUT2D eigenvalue weighted by Gasteiger charge is 2.05. The van der Waals surface area contributed by atoms with Crippen molar-refractivity contribution in [3.8, 4) is 11.5 Å². The van der Waals surface area contributed by atoms with E-state index in [1.807, 2.05) is 0 Å². The zero-order chi connectivity index (χ0) is 23.6. The van der Waals surface area contributed by atoms with E-state index in [9.17, 15) is 0 Å². The second-order valence-electron chi connectivity index (χ2n) is 8.78. The second kappa shape index (κ2) is 12.4. The first kappa shape index (κ1) is 24.1. The Labute approximate surface area is 203 Å². The Morgan fingerprint density at radius 2 is 1.00 bits per heavy atom. The molecule has 0 saturated heterocycles. The van der Waals surface area contributed by atoms with Gasteiger partial charge in [0.05, 0.1) is 14.2 Å². The molecule has 178 valence electrons. The molecule has 0 aliphatic heterocycles. The standard InChI is InChI=1S/C30H36N2O2/c1-33-27-17-23-11-5-7-13-29(23)25(19-27)21-31-15-9-3-4-10-16-32-22-26-20-28(34-2)18-24-12-6-8-14-30(24)26/h5-8,11-14,17-20,31-32H,3-4,9-10,15-16,21-22H2,1-2H3. The Bertz CT molecular complexity index is 1110. The zero-order valence-electron chi connectivity index (χ0n) is 20.4. The smallest absolute Gasteiger partial charge is 0.119 e. The highest BCUT2D eigenvalue weighted by atomic mass is 16.5. The third-order valence-corrected chi connectivity index (χ3v) is 6.40. The Balaban J connectivity index is 1.13. The van der Waals surface area contributed by atoms with E-state index in [1.54, 1.807) is 14.2 Å². The van der Waals surface area contributed by atoms with Gasteiger partial charge in [0, 0.05) is 13.1 Å². The van der Waals surface area contributed by atoms with Crippen LogP contribution in [0.15, 0.2) is 72.8 Å². The van der Waals surface area contributed by atoms with Crippen LogP contribution in [0.4, 0.5) is 0 Å². The van der Waals surface area contributed by atoms with Gasteiger partial charge in [0.25, 0.3) is 0 Å². The Hall–Kier alpha value is -3.08. The lowest BCUT2D eigenvalue weighted by Crippen LogP contribution is -2.16. The highest BCUT2D eigenvalue weighted by molar-refractivity contribution is 5.88. The van der Waals surface area contributed by atoms with Crippen molar-refractivity contribution in [3.63, 3.8) is 0 Å². The molecular weight excluding hydrogens is 420 g/mol. The molecule has 0 amide bonds. The van der Waals surface area contributed by atoms with Crippen LogP contribution in [0.2, 0.25) is 0 Å². The van der Waals surface area contributed by atoms with Gasteiger partial charge >= 0.3 is 0 Å². The molecule has 0 aliphatic rings. The van der Waals surface area contributed by atoms with Crippen molar-refractivity contribution in [2.45, 2.75) is 38.8 Å². The molecular formula is C30H36N2O2. The van der Waals surface area contributed by atoms with Crippen molar-refractivity contribution in [3.05, 3.63) is 83.9 Å². The van der Waals surface area contributed by atoms with Crippen LogP contribution in [0, 0.1) is 0 Å². The summed E-state index contributed by atoms with van der Waals surface area (Å²) in [4.78, 5) is 0. The third-order valence-electron chi connectivity index (χ3n) is 6.40. The number of nitrogens with one attached hydrogen (secondary N) is 2. The molecule has 0 heterocycles. The molecule has 0 aliphatic carbocycles. The minimum absolute atomic E-state index is 0.869. The van der Waals surface area contributed by atoms with Crippen LogP contribution in [0.1, 0.15) is 36.8 Å². The lowest BCUT2D eigenvalue weighted by Gasteiger charge is -2.11. The summed E-state index contributed by atoms with van der Waals surface area (Å²) < 4.78 is 11.0. The van der Waals surface area contributed by atoms with Crippen molar-refractivity contribution >= 4 is 21.5 Å². The van der Waals surface area contributed by atoms with E-state index in [0.717, 1.165) is 37.7 Å². The van der Waals surface area contributed by atoms with Crippen LogP contribution in [0.5, 0.6) is 11.5 Å². The lowest BCUT2D eigenvalue weighted by molar-refractivity contribution is 0.414. The maximum atomic E-state index is 5.48. The maximum Gasteiger partial charge on any atom is 0.119 e. The monoisotopic (exact) mass is 456 g/mol. The summed E-state index contributed by atoms with van der Waals surface area (Å²) >= 11 is 0. The molecule has 4 rings (SSSR count). The van der Waals surface area contributed by atoms with Gasteiger partial charge in [0.2, 0.25) is 0 Å². The van der Waals surface area contributed by atoms with Crippen LogP contribution in [-0.4, -0.2) is 27.3 Å². The van der Waals surface area contributed by atoms with E-state index < -0.39 is 0 Å². The molecule has 2 N–H and O–H groups in total. The van der Waals surface area contributed by atoms with E-state index in [2.05, 4.69) is 83.4 Å². The van der Waals surface area contributed by atoms with Gasteiger partial charge in [-0.25, -0.2) is 0 Å². The molecule has 4 nitrogen and oxygen atoms in total. The maximum absolute atomic E-state index is 5.48. The molecule has 4 aromatic rings. The molecule has 0 spiro atoms. The second-order valence-corrected chi connectivity index (χ2v) is 8.78. The predicted molar refractivity (Wildman–Crippen MR) is 143 cm³/mol. The van der Waals surface area contributed by atoms with E-state index in [0.29, 0.717) is 0 Å². The summed E-state index contributed by atoms with van der Waals surface area (Å²) in [6.07, 6.45) is 4.89. The molecule has 0 saturated carbocycles. The van der Waals surface area contributed by atoms with Gasteiger partial charge in [-0.3, -0.25) is 0 Å². The number of hydrogen-bond donors (Lipinski definition) is 2. The van der Waals surface area contributed by atoms with Gasteiger partial charge in [0.15, 0.2) is 0 Å². The largest absolute Gasteiger partial charge is 0.497 e. The minimum atomic E-state index is 0.869. The number of benzene rings is 4. The fourth-order valence-electron chi connectivity index (χ4n) is 4.55. The Morgan fingerprint density at radius 3 is 1.44 bits per heavy atom. The summed E-state index contributed by atoms with van der Waals surface area (Å²) in [6, 6.07) is 25.5. The van der Waals surface area contributed by atoms with Crippen molar-refractivity contribution in [1.82, 2.24) is 10.6 Å². The van der Waals surface area contributed by atoms with Gasteiger partial charge in [-0.2, -0.15) is 0 Å². The summed E-state index contributed by atoms with van der Waals surface area (Å²) in [5, 5.41) is 12.3. The summed E-state index contributed by atoms with van der Waals surface area (Å²) in [7, 11) is 3.46. The average molecular weight is 457 g/mol. The van der Waals surface area contributed by atoms with Gasteiger partial charge in [0.1, 0.15) is 11.5 Å². The summed E-state index contributed by atoms with van der Waals surface area (Å²) in [6.45, 7) is 3.81. The number of ether oxygens (including phenoxy) is 2.